The number of anilines is 1. The summed E-state index contributed by atoms with van der Waals surface area (Å²) >= 11 is 0. The molecule has 1 aromatic carbocycles. The third kappa shape index (κ3) is 4.06. The minimum absolute atomic E-state index is 0.213. The van der Waals surface area contributed by atoms with Crippen molar-refractivity contribution < 1.29 is 13.2 Å². The van der Waals surface area contributed by atoms with Crippen LogP contribution in [0, 0.1) is 0 Å². The zero-order valence-electron chi connectivity index (χ0n) is 17.9. The van der Waals surface area contributed by atoms with Gasteiger partial charge in [-0.3, -0.25) is 0 Å². The van der Waals surface area contributed by atoms with Crippen molar-refractivity contribution in [2.75, 3.05) is 37.5 Å². The van der Waals surface area contributed by atoms with Gasteiger partial charge in [0.05, 0.1) is 30.0 Å². The van der Waals surface area contributed by atoms with E-state index in [9.17, 15) is 8.42 Å². The van der Waals surface area contributed by atoms with Crippen LogP contribution in [0.4, 0.5) is 5.82 Å². The van der Waals surface area contributed by atoms with Gasteiger partial charge in [0.2, 0.25) is 0 Å². The second-order valence-corrected chi connectivity index (χ2v) is 10.8. The molecule has 0 amide bonds. The van der Waals surface area contributed by atoms with Gasteiger partial charge in [0.15, 0.2) is 9.84 Å². The van der Waals surface area contributed by atoms with Crippen molar-refractivity contribution in [2.24, 2.45) is 0 Å². The zero-order valence-corrected chi connectivity index (χ0v) is 18.7. The van der Waals surface area contributed by atoms with Gasteiger partial charge in [-0.15, -0.1) is 0 Å². The van der Waals surface area contributed by atoms with E-state index in [1.165, 1.54) is 6.26 Å². The third-order valence-corrected chi connectivity index (χ3v) is 6.49. The summed E-state index contributed by atoms with van der Waals surface area (Å²) in [6.07, 6.45) is 3.21. The molecular formula is C22H28N4O3S. The smallest absolute Gasteiger partial charge is 0.175 e. The number of hydrogen-bond acceptors (Lipinski definition) is 6. The highest BCUT2D eigenvalue weighted by Gasteiger charge is 2.25. The van der Waals surface area contributed by atoms with Crippen LogP contribution in [0.5, 0.6) is 0 Å². The van der Waals surface area contributed by atoms with Gasteiger partial charge in [-0.2, -0.15) is 0 Å². The molecule has 0 spiro atoms. The van der Waals surface area contributed by atoms with E-state index in [-0.39, 0.29) is 5.41 Å². The Bertz CT molecular complexity index is 1170. The highest BCUT2D eigenvalue weighted by Crippen LogP contribution is 2.30. The van der Waals surface area contributed by atoms with Crippen molar-refractivity contribution in [3.8, 4) is 0 Å². The minimum Gasteiger partial charge on any atom is -0.378 e. The molecule has 1 aliphatic heterocycles. The molecule has 2 aromatic heterocycles. The van der Waals surface area contributed by atoms with Gasteiger partial charge < -0.3 is 14.2 Å². The SMILES string of the molecule is CC(C)(C)c1nc(N2CCOCC2)c2ccn(Cc3ccccc3S(C)(=O)=O)c2n1. The van der Waals surface area contributed by atoms with Crippen LogP contribution < -0.4 is 4.90 Å². The van der Waals surface area contributed by atoms with E-state index in [4.69, 9.17) is 14.7 Å². The molecule has 1 fully saturated rings. The Labute approximate surface area is 177 Å². The van der Waals surface area contributed by atoms with Crippen LogP contribution in [0.1, 0.15) is 32.2 Å². The Morgan fingerprint density at radius 3 is 2.43 bits per heavy atom. The number of hydrogen-bond donors (Lipinski definition) is 0. The van der Waals surface area contributed by atoms with Crippen LogP contribution in [0.15, 0.2) is 41.4 Å². The molecule has 0 radical (unpaired) electrons. The van der Waals surface area contributed by atoms with Crippen molar-refractivity contribution in [2.45, 2.75) is 37.6 Å². The fraction of sp³-hybridized carbons (Fsp3) is 0.455. The standard InChI is InChI=1S/C22H28N4O3S/c1-22(2,3)21-23-19(25-11-13-29-14-12-25)17-9-10-26(20(17)24-21)15-16-7-5-6-8-18(16)30(4,27)28/h5-10H,11-15H2,1-4H3. The van der Waals surface area contributed by atoms with Crippen LogP contribution in [0.25, 0.3) is 11.0 Å². The molecule has 0 saturated carbocycles. The van der Waals surface area contributed by atoms with Crippen molar-refractivity contribution in [3.63, 3.8) is 0 Å². The lowest BCUT2D eigenvalue weighted by Crippen LogP contribution is -2.37. The Morgan fingerprint density at radius 1 is 1.07 bits per heavy atom. The van der Waals surface area contributed by atoms with E-state index in [2.05, 4.69) is 25.7 Å². The van der Waals surface area contributed by atoms with Gasteiger partial charge in [0, 0.05) is 31.0 Å². The molecule has 3 heterocycles. The lowest BCUT2D eigenvalue weighted by Gasteiger charge is -2.29. The Balaban J connectivity index is 1.85. The van der Waals surface area contributed by atoms with Crippen molar-refractivity contribution >= 4 is 26.7 Å². The molecule has 0 unspecified atom stereocenters. The Morgan fingerprint density at radius 2 is 1.77 bits per heavy atom. The maximum Gasteiger partial charge on any atom is 0.175 e. The Hall–Kier alpha value is -2.45. The summed E-state index contributed by atoms with van der Waals surface area (Å²) in [6.45, 7) is 9.67. The average Bonchev–Trinajstić information content (AvgIpc) is 3.10. The van der Waals surface area contributed by atoms with Gasteiger partial charge in [-0.25, -0.2) is 18.4 Å². The minimum atomic E-state index is -3.31. The maximum atomic E-state index is 12.2. The van der Waals surface area contributed by atoms with Gasteiger partial charge in [-0.1, -0.05) is 39.0 Å². The van der Waals surface area contributed by atoms with Crippen LogP contribution >= 0.6 is 0 Å². The topological polar surface area (TPSA) is 77.3 Å². The molecule has 0 atom stereocenters. The molecule has 1 saturated heterocycles. The fourth-order valence-electron chi connectivity index (χ4n) is 3.71. The molecule has 0 N–H and O–H groups in total. The molecule has 8 heteroatoms. The van der Waals surface area contributed by atoms with Gasteiger partial charge in [0.25, 0.3) is 0 Å². The lowest BCUT2D eigenvalue weighted by molar-refractivity contribution is 0.122. The van der Waals surface area contributed by atoms with Crippen molar-refractivity contribution in [1.29, 1.82) is 0 Å². The zero-order chi connectivity index (χ0) is 21.5. The number of nitrogens with zero attached hydrogens (tertiary/aromatic N) is 4. The first-order valence-corrected chi connectivity index (χ1v) is 12.0. The van der Waals surface area contributed by atoms with Crippen molar-refractivity contribution in [1.82, 2.24) is 14.5 Å². The number of sulfone groups is 1. The molecule has 30 heavy (non-hydrogen) atoms. The number of fused-ring (bicyclic) bond motifs is 1. The van der Waals surface area contributed by atoms with E-state index in [0.717, 1.165) is 41.3 Å². The molecule has 4 rings (SSSR count). The van der Waals surface area contributed by atoms with Gasteiger partial charge >= 0.3 is 0 Å². The summed E-state index contributed by atoms with van der Waals surface area (Å²) < 4.78 is 32.0. The molecule has 160 valence electrons. The lowest BCUT2D eigenvalue weighted by atomic mass is 9.95. The van der Waals surface area contributed by atoms with Crippen LogP contribution in [0.3, 0.4) is 0 Å². The molecule has 1 aliphatic rings. The van der Waals surface area contributed by atoms with Gasteiger partial charge in [0.1, 0.15) is 17.3 Å². The number of rotatable bonds is 4. The predicted octanol–water partition coefficient (Wildman–Crippen LogP) is 3.02. The first-order chi connectivity index (χ1) is 14.1. The van der Waals surface area contributed by atoms with Crippen molar-refractivity contribution in [3.05, 3.63) is 47.9 Å². The molecule has 7 nitrogen and oxygen atoms in total. The summed E-state index contributed by atoms with van der Waals surface area (Å²) in [6, 6.07) is 9.16. The number of benzene rings is 1. The highest BCUT2D eigenvalue weighted by molar-refractivity contribution is 7.90. The first kappa shape index (κ1) is 20.8. The first-order valence-electron chi connectivity index (χ1n) is 10.1. The molecule has 3 aromatic rings. The van der Waals surface area contributed by atoms with Gasteiger partial charge in [-0.05, 0) is 17.7 Å². The number of ether oxygens (including phenoxy) is 1. The molecule has 0 bridgehead atoms. The number of aromatic nitrogens is 3. The third-order valence-electron chi connectivity index (χ3n) is 5.29. The summed E-state index contributed by atoms with van der Waals surface area (Å²) in [5.41, 5.74) is 1.36. The summed E-state index contributed by atoms with van der Waals surface area (Å²) in [7, 11) is -3.31. The summed E-state index contributed by atoms with van der Waals surface area (Å²) in [4.78, 5) is 12.4. The normalized spacial score (nSPS) is 15.7. The highest BCUT2D eigenvalue weighted by atomic mass is 32.2. The van der Waals surface area contributed by atoms with E-state index >= 15 is 0 Å². The quantitative estimate of drug-likeness (QED) is 0.636. The van der Waals surface area contributed by atoms with E-state index in [0.29, 0.717) is 24.7 Å². The second-order valence-electron chi connectivity index (χ2n) is 8.78. The number of morpholine rings is 1. The predicted molar refractivity (Wildman–Crippen MR) is 118 cm³/mol. The maximum absolute atomic E-state index is 12.2. The van der Waals surface area contributed by atoms with E-state index < -0.39 is 9.84 Å². The Kier molecular flexibility index (Phi) is 5.32. The molecule has 0 aliphatic carbocycles. The summed E-state index contributed by atoms with van der Waals surface area (Å²) in [5, 5.41) is 0.974. The average molecular weight is 429 g/mol. The summed E-state index contributed by atoms with van der Waals surface area (Å²) in [5.74, 6) is 1.69. The van der Waals surface area contributed by atoms with E-state index in [1.54, 1.807) is 12.1 Å². The second kappa shape index (κ2) is 7.67. The van der Waals surface area contributed by atoms with Crippen LogP contribution in [-0.4, -0.2) is 55.5 Å². The van der Waals surface area contributed by atoms with E-state index in [1.807, 2.05) is 29.0 Å². The monoisotopic (exact) mass is 428 g/mol. The van der Waals surface area contributed by atoms with Crippen LogP contribution in [-0.2, 0) is 26.5 Å². The largest absolute Gasteiger partial charge is 0.378 e. The molecular weight excluding hydrogens is 400 g/mol. The fourth-order valence-corrected chi connectivity index (χ4v) is 4.64. The van der Waals surface area contributed by atoms with Crippen LogP contribution in [0.2, 0.25) is 0 Å².